The molecule has 1 aliphatic carbocycles. The summed E-state index contributed by atoms with van der Waals surface area (Å²) in [5.74, 6) is 0.523. The van der Waals surface area contributed by atoms with Crippen molar-refractivity contribution in [1.82, 2.24) is 24.0 Å². The Morgan fingerprint density at radius 1 is 1.14 bits per heavy atom. The smallest absolute Gasteiger partial charge is 0.329 e. The highest BCUT2D eigenvalue weighted by atomic mass is 19.1. The Bertz CT molecular complexity index is 1570. The molecule has 0 bridgehead atoms. The van der Waals surface area contributed by atoms with E-state index in [2.05, 4.69) is 14.9 Å². The number of pyridine rings is 2. The number of likely N-dealkylation sites (tertiary alicyclic amines) is 1. The predicted molar refractivity (Wildman–Crippen MR) is 139 cm³/mol. The Kier molecular flexibility index (Phi) is 5.25. The first kappa shape index (κ1) is 22.7. The van der Waals surface area contributed by atoms with E-state index in [1.165, 1.54) is 32.0 Å². The van der Waals surface area contributed by atoms with Crippen LogP contribution in [0.25, 0.3) is 33.1 Å². The molecule has 0 atom stereocenters. The molecule has 0 amide bonds. The summed E-state index contributed by atoms with van der Waals surface area (Å²) < 4.78 is 31.4. The lowest BCUT2D eigenvalue weighted by molar-refractivity contribution is 0.0719. The van der Waals surface area contributed by atoms with E-state index >= 15 is 4.39 Å². The number of imidazole rings is 1. The molecule has 3 aromatic heterocycles. The lowest BCUT2D eigenvalue weighted by atomic mass is 9.77. The van der Waals surface area contributed by atoms with Crippen molar-refractivity contribution in [3.63, 3.8) is 0 Å². The van der Waals surface area contributed by atoms with Gasteiger partial charge in [-0.25, -0.2) is 14.2 Å². The third-order valence-corrected chi connectivity index (χ3v) is 8.42. The van der Waals surface area contributed by atoms with Crippen LogP contribution in [0.3, 0.4) is 0 Å². The first-order chi connectivity index (χ1) is 18.1. The van der Waals surface area contributed by atoms with Crippen LogP contribution in [-0.4, -0.2) is 56.9 Å². The summed E-state index contributed by atoms with van der Waals surface area (Å²) in [4.78, 5) is 24.8. The normalized spacial score (nSPS) is 18.4. The molecule has 2 aliphatic heterocycles. The molecular weight excluding hydrogens is 473 g/mol. The number of ether oxygens (including phenoxy) is 2. The van der Waals surface area contributed by atoms with Gasteiger partial charge in [0.1, 0.15) is 18.2 Å². The van der Waals surface area contributed by atoms with Crippen LogP contribution in [0.5, 0.6) is 11.6 Å². The molecule has 0 radical (unpaired) electrons. The van der Waals surface area contributed by atoms with Gasteiger partial charge in [0.25, 0.3) is 0 Å². The summed E-state index contributed by atoms with van der Waals surface area (Å²) in [5.41, 5.74) is 2.42. The number of hydrogen-bond donors (Lipinski definition) is 0. The summed E-state index contributed by atoms with van der Waals surface area (Å²) >= 11 is 0. The van der Waals surface area contributed by atoms with Crippen LogP contribution < -0.4 is 15.2 Å². The highest BCUT2D eigenvalue weighted by Gasteiger charge is 2.45. The van der Waals surface area contributed by atoms with Gasteiger partial charge in [-0.1, -0.05) is 0 Å². The summed E-state index contributed by atoms with van der Waals surface area (Å²) in [6.07, 6.45) is 9.55. The van der Waals surface area contributed by atoms with Crippen molar-refractivity contribution < 1.29 is 13.9 Å². The number of aromatic nitrogens is 4. The molecule has 1 saturated carbocycles. The Labute approximate surface area is 213 Å². The molecule has 37 heavy (non-hydrogen) atoms. The lowest BCUT2D eigenvalue weighted by Gasteiger charge is -2.41. The van der Waals surface area contributed by atoms with Gasteiger partial charge in [-0.15, -0.1) is 0 Å². The number of benzene rings is 1. The minimum atomic E-state index is -0.426. The average molecular weight is 504 g/mol. The third kappa shape index (κ3) is 3.47. The fourth-order valence-corrected chi connectivity index (χ4v) is 6.25. The molecule has 1 spiro atoms. The molecule has 2 fully saturated rings. The topological polar surface area (TPSA) is 74.4 Å². The second-order valence-electron chi connectivity index (χ2n) is 10.6. The molecule has 8 nitrogen and oxygen atoms in total. The molecular formula is C28H30FN5O3. The van der Waals surface area contributed by atoms with E-state index in [4.69, 9.17) is 9.47 Å². The highest BCUT2D eigenvalue weighted by Crippen LogP contribution is 2.48. The number of aryl methyl sites for hydroxylation is 1. The van der Waals surface area contributed by atoms with E-state index in [1.54, 1.807) is 30.1 Å². The molecule has 3 aliphatic rings. The highest BCUT2D eigenvalue weighted by molar-refractivity contribution is 6.09. The van der Waals surface area contributed by atoms with Crippen molar-refractivity contribution in [2.45, 2.75) is 44.1 Å². The zero-order valence-corrected chi connectivity index (χ0v) is 21.0. The number of fused-ring (bicyclic) bond motifs is 1. The van der Waals surface area contributed by atoms with Crippen LogP contribution >= 0.6 is 0 Å². The molecule has 1 saturated heterocycles. The van der Waals surface area contributed by atoms with Crippen LogP contribution in [0.1, 0.15) is 38.5 Å². The van der Waals surface area contributed by atoms with Crippen LogP contribution in [0.4, 0.5) is 4.39 Å². The Morgan fingerprint density at radius 3 is 2.70 bits per heavy atom. The Hall–Kier alpha value is -3.46. The summed E-state index contributed by atoms with van der Waals surface area (Å²) in [5, 5.41) is 0.678. The quantitative estimate of drug-likeness (QED) is 0.367. The number of rotatable bonds is 6. The van der Waals surface area contributed by atoms with Crippen LogP contribution in [0.2, 0.25) is 0 Å². The van der Waals surface area contributed by atoms with Crippen molar-refractivity contribution in [2.24, 2.45) is 7.05 Å². The van der Waals surface area contributed by atoms with Gasteiger partial charge in [-0.3, -0.25) is 14.1 Å². The largest absolute Gasteiger partial charge is 0.490 e. The summed E-state index contributed by atoms with van der Waals surface area (Å²) in [7, 11) is 1.77. The van der Waals surface area contributed by atoms with E-state index in [1.807, 2.05) is 10.6 Å². The standard InChI is InChI=1S/C28H30FN5O3/c1-32-21-16-30-20-14-19(29)23(18-6-7-22(31-15-18)36-13-5-12-33-10-2-3-11-33)26-24(20)25(21)34(27(32)35)28(17-37-26)8-4-9-28/h6-7,14-16H,2-5,8-13,17H2,1H3. The second kappa shape index (κ2) is 8.55. The van der Waals surface area contributed by atoms with E-state index in [9.17, 15) is 4.79 Å². The average Bonchev–Trinajstić information content (AvgIpc) is 3.44. The maximum Gasteiger partial charge on any atom is 0.329 e. The molecule has 5 heterocycles. The van der Waals surface area contributed by atoms with Crippen molar-refractivity contribution in [1.29, 1.82) is 0 Å². The minimum absolute atomic E-state index is 0.0841. The van der Waals surface area contributed by atoms with E-state index < -0.39 is 11.4 Å². The fraction of sp³-hybridized carbons (Fsp3) is 0.464. The zero-order chi connectivity index (χ0) is 25.1. The molecule has 4 aromatic rings. The van der Waals surface area contributed by atoms with E-state index in [-0.39, 0.29) is 5.69 Å². The zero-order valence-electron chi connectivity index (χ0n) is 21.0. The van der Waals surface area contributed by atoms with E-state index in [0.29, 0.717) is 46.9 Å². The van der Waals surface area contributed by atoms with Gasteiger partial charge < -0.3 is 14.4 Å². The van der Waals surface area contributed by atoms with Gasteiger partial charge in [0.2, 0.25) is 5.88 Å². The van der Waals surface area contributed by atoms with Crippen molar-refractivity contribution >= 4 is 21.9 Å². The van der Waals surface area contributed by atoms with Gasteiger partial charge in [0, 0.05) is 37.5 Å². The van der Waals surface area contributed by atoms with Crippen molar-refractivity contribution in [3.8, 4) is 22.8 Å². The number of halogens is 1. The summed E-state index contributed by atoms with van der Waals surface area (Å²) in [6, 6.07) is 5.03. The van der Waals surface area contributed by atoms with Gasteiger partial charge in [-0.2, -0.15) is 0 Å². The van der Waals surface area contributed by atoms with Gasteiger partial charge in [0.05, 0.1) is 45.8 Å². The fourth-order valence-electron chi connectivity index (χ4n) is 6.25. The molecule has 1 aromatic carbocycles. The second-order valence-corrected chi connectivity index (χ2v) is 10.6. The third-order valence-electron chi connectivity index (χ3n) is 8.42. The molecule has 9 heteroatoms. The van der Waals surface area contributed by atoms with Crippen molar-refractivity contribution in [2.75, 3.05) is 32.8 Å². The lowest BCUT2D eigenvalue weighted by Crippen LogP contribution is -2.50. The first-order valence-corrected chi connectivity index (χ1v) is 13.2. The maximum atomic E-state index is 15.6. The van der Waals surface area contributed by atoms with Crippen LogP contribution in [-0.2, 0) is 12.6 Å². The minimum Gasteiger partial charge on any atom is -0.490 e. The van der Waals surface area contributed by atoms with Gasteiger partial charge >= 0.3 is 5.69 Å². The Morgan fingerprint density at radius 2 is 1.97 bits per heavy atom. The molecule has 7 rings (SSSR count). The molecule has 192 valence electrons. The van der Waals surface area contributed by atoms with Crippen LogP contribution in [0.15, 0.2) is 35.4 Å². The van der Waals surface area contributed by atoms with E-state index in [0.717, 1.165) is 43.3 Å². The first-order valence-electron chi connectivity index (χ1n) is 13.2. The predicted octanol–water partition coefficient (Wildman–Crippen LogP) is 4.23. The molecule has 0 unspecified atom stereocenters. The molecule has 0 N–H and O–H groups in total. The van der Waals surface area contributed by atoms with Gasteiger partial charge in [0.15, 0.2) is 0 Å². The summed E-state index contributed by atoms with van der Waals surface area (Å²) in [6.45, 7) is 4.31. The maximum absolute atomic E-state index is 15.6. The van der Waals surface area contributed by atoms with Gasteiger partial charge in [-0.05, 0) is 57.7 Å². The van der Waals surface area contributed by atoms with Crippen LogP contribution in [0, 0.1) is 5.82 Å². The number of hydrogen-bond acceptors (Lipinski definition) is 6. The van der Waals surface area contributed by atoms with Crippen molar-refractivity contribution in [3.05, 3.63) is 46.9 Å². The number of nitrogens with zero attached hydrogens (tertiary/aromatic N) is 5. The monoisotopic (exact) mass is 503 g/mol. The Balaban J connectivity index is 1.26. The SMILES string of the molecule is Cn1c(=O)n2c3c4c(c(-c5ccc(OCCCN6CCCC6)nc5)c(F)cc4ncc31)OCC21CCC1.